The van der Waals surface area contributed by atoms with Crippen molar-refractivity contribution in [3.8, 4) is 11.3 Å². The summed E-state index contributed by atoms with van der Waals surface area (Å²) in [6.07, 6.45) is 7.49. The minimum absolute atomic E-state index is 0.00229. The lowest BCUT2D eigenvalue weighted by Gasteiger charge is -2.27. The first-order chi connectivity index (χ1) is 16.6. The van der Waals surface area contributed by atoms with Gasteiger partial charge in [-0.2, -0.15) is 0 Å². The average molecular weight is 515 g/mol. The van der Waals surface area contributed by atoms with E-state index in [1.165, 1.54) is 49.5 Å². The molecule has 1 saturated carbocycles. The van der Waals surface area contributed by atoms with Gasteiger partial charge in [0.25, 0.3) is 5.91 Å². The number of carbonyl (C=O) groups excluding carboxylic acids is 1. The number of hydrogen-bond acceptors (Lipinski definition) is 3. The second-order valence-corrected chi connectivity index (χ2v) is 15.1. The SMILES string of the molecule is Cc1c(C(=O)NCCS(C)(=O)=O)cc(-c2cc(C(C)(C)C)cc(C(C)(C)C)c2)n1CC1CCCCC1. The zero-order chi connectivity index (χ0) is 26.9. The maximum Gasteiger partial charge on any atom is 0.253 e. The van der Waals surface area contributed by atoms with Crippen LogP contribution < -0.4 is 5.32 Å². The predicted molar refractivity (Wildman–Crippen MR) is 151 cm³/mol. The van der Waals surface area contributed by atoms with Gasteiger partial charge in [-0.15, -0.1) is 0 Å². The van der Waals surface area contributed by atoms with Crippen LogP contribution in [0.15, 0.2) is 24.3 Å². The lowest BCUT2D eigenvalue weighted by atomic mass is 9.79. The highest BCUT2D eigenvalue weighted by Gasteiger charge is 2.25. The van der Waals surface area contributed by atoms with Crippen molar-refractivity contribution in [1.82, 2.24) is 9.88 Å². The van der Waals surface area contributed by atoms with Crippen LogP contribution in [-0.4, -0.2) is 37.4 Å². The fourth-order valence-corrected chi connectivity index (χ4v) is 5.54. The molecule has 3 rings (SSSR count). The molecule has 1 N–H and O–H groups in total. The highest BCUT2D eigenvalue weighted by atomic mass is 32.2. The Morgan fingerprint density at radius 3 is 2.00 bits per heavy atom. The van der Waals surface area contributed by atoms with Crippen molar-refractivity contribution in [2.75, 3.05) is 18.6 Å². The molecule has 2 aromatic rings. The Kier molecular flexibility index (Phi) is 8.49. The fraction of sp³-hybridized carbons (Fsp3) is 0.633. The van der Waals surface area contributed by atoms with Crippen LogP contribution in [0.1, 0.15) is 101 Å². The van der Waals surface area contributed by atoms with Gasteiger partial charge in [-0.3, -0.25) is 4.79 Å². The van der Waals surface area contributed by atoms with Crippen LogP contribution in [0.25, 0.3) is 11.3 Å². The van der Waals surface area contributed by atoms with Gasteiger partial charge in [0.05, 0.1) is 11.3 Å². The Bertz CT molecular complexity index is 1160. The van der Waals surface area contributed by atoms with Crippen LogP contribution in [0.3, 0.4) is 0 Å². The number of amides is 1. The molecular formula is C30H46N2O3S. The highest BCUT2D eigenvalue weighted by molar-refractivity contribution is 7.90. The smallest absolute Gasteiger partial charge is 0.253 e. The Labute approximate surface area is 219 Å². The molecule has 0 spiro atoms. The van der Waals surface area contributed by atoms with Gasteiger partial charge >= 0.3 is 0 Å². The van der Waals surface area contributed by atoms with Crippen molar-refractivity contribution in [2.45, 2.75) is 97.9 Å². The first kappa shape index (κ1) is 28.5. The standard InChI is InChI=1S/C30H46N2O3S/c1-21-26(28(33)31-14-15-36(8,34)35)19-27(32(21)20-22-12-10-9-11-13-22)23-16-24(29(2,3)4)18-25(17-23)30(5,6)7/h16-19,22H,9-15,20H2,1-8H3,(H,31,33). The lowest BCUT2D eigenvalue weighted by Crippen LogP contribution is -2.29. The zero-order valence-corrected chi connectivity index (χ0v) is 24.4. The van der Waals surface area contributed by atoms with E-state index in [1.807, 2.05) is 13.0 Å². The second kappa shape index (κ2) is 10.7. The van der Waals surface area contributed by atoms with Crippen LogP contribution in [0, 0.1) is 12.8 Å². The van der Waals surface area contributed by atoms with E-state index in [2.05, 4.69) is 69.6 Å². The Balaban J connectivity index is 2.11. The molecule has 0 saturated heterocycles. The average Bonchev–Trinajstić information content (AvgIpc) is 3.08. The molecule has 0 radical (unpaired) electrons. The van der Waals surface area contributed by atoms with Crippen LogP contribution in [0.5, 0.6) is 0 Å². The van der Waals surface area contributed by atoms with E-state index in [4.69, 9.17) is 0 Å². The molecule has 1 fully saturated rings. The normalized spacial score (nSPS) is 15.8. The lowest BCUT2D eigenvalue weighted by molar-refractivity contribution is 0.0955. The van der Waals surface area contributed by atoms with E-state index >= 15 is 0 Å². The summed E-state index contributed by atoms with van der Waals surface area (Å²) < 4.78 is 25.4. The molecule has 1 aromatic carbocycles. The third-order valence-electron chi connectivity index (χ3n) is 7.50. The van der Waals surface area contributed by atoms with Gasteiger partial charge in [0.1, 0.15) is 9.84 Å². The van der Waals surface area contributed by atoms with Crippen molar-refractivity contribution < 1.29 is 13.2 Å². The molecule has 0 aliphatic heterocycles. The summed E-state index contributed by atoms with van der Waals surface area (Å²) in [5.41, 5.74) is 6.36. The maximum absolute atomic E-state index is 13.2. The molecule has 1 aliphatic rings. The first-order valence-corrected chi connectivity index (χ1v) is 15.4. The van der Waals surface area contributed by atoms with Gasteiger partial charge in [-0.1, -0.05) is 66.9 Å². The summed E-state index contributed by atoms with van der Waals surface area (Å²) in [4.78, 5) is 13.2. The molecule has 200 valence electrons. The molecule has 36 heavy (non-hydrogen) atoms. The van der Waals surface area contributed by atoms with Gasteiger partial charge in [-0.05, 0) is 71.4 Å². The molecule has 0 unspecified atom stereocenters. The summed E-state index contributed by atoms with van der Waals surface area (Å²) in [5.74, 6) is 0.344. The summed E-state index contributed by atoms with van der Waals surface area (Å²) in [6.45, 7) is 16.5. The second-order valence-electron chi connectivity index (χ2n) is 12.8. The van der Waals surface area contributed by atoms with Crippen LogP contribution in [-0.2, 0) is 27.2 Å². The van der Waals surface area contributed by atoms with Gasteiger partial charge in [-0.25, -0.2) is 8.42 Å². The molecule has 0 bridgehead atoms. The first-order valence-electron chi connectivity index (χ1n) is 13.4. The number of sulfone groups is 1. The molecule has 1 amide bonds. The molecule has 1 aliphatic carbocycles. The minimum atomic E-state index is -3.13. The van der Waals surface area contributed by atoms with E-state index in [0.29, 0.717) is 11.5 Å². The number of rotatable bonds is 7. The number of aromatic nitrogens is 1. The van der Waals surface area contributed by atoms with Gasteiger partial charge in [0, 0.05) is 30.7 Å². The van der Waals surface area contributed by atoms with Crippen molar-refractivity contribution in [2.24, 2.45) is 5.92 Å². The summed E-state index contributed by atoms with van der Waals surface area (Å²) in [7, 11) is -3.13. The van der Waals surface area contributed by atoms with Crippen molar-refractivity contribution in [3.63, 3.8) is 0 Å². The zero-order valence-electron chi connectivity index (χ0n) is 23.6. The van der Waals surface area contributed by atoms with Gasteiger partial charge in [0.15, 0.2) is 0 Å². The number of benzene rings is 1. The van der Waals surface area contributed by atoms with E-state index in [1.54, 1.807) is 0 Å². The molecule has 0 atom stereocenters. The molecule has 6 heteroatoms. The van der Waals surface area contributed by atoms with Crippen molar-refractivity contribution in [3.05, 3.63) is 46.6 Å². The number of carbonyl (C=O) groups is 1. The molecule has 1 aromatic heterocycles. The minimum Gasteiger partial charge on any atom is -0.351 e. The monoisotopic (exact) mass is 514 g/mol. The van der Waals surface area contributed by atoms with Crippen LogP contribution >= 0.6 is 0 Å². The largest absolute Gasteiger partial charge is 0.351 e. The topological polar surface area (TPSA) is 68.2 Å². The Hall–Kier alpha value is -2.08. The summed E-state index contributed by atoms with van der Waals surface area (Å²) in [6, 6.07) is 8.91. The third kappa shape index (κ3) is 7.24. The Morgan fingerprint density at radius 2 is 1.50 bits per heavy atom. The highest BCUT2D eigenvalue weighted by Crippen LogP contribution is 2.36. The van der Waals surface area contributed by atoms with Gasteiger partial charge in [0.2, 0.25) is 0 Å². The quantitative estimate of drug-likeness (QED) is 0.464. The summed E-state index contributed by atoms with van der Waals surface area (Å²) in [5, 5.41) is 2.83. The number of nitrogens with one attached hydrogen (secondary N) is 1. The van der Waals surface area contributed by atoms with E-state index < -0.39 is 9.84 Å². The van der Waals surface area contributed by atoms with Crippen molar-refractivity contribution >= 4 is 15.7 Å². The summed E-state index contributed by atoms with van der Waals surface area (Å²) >= 11 is 0. The fourth-order valence-electron chi connectivity index (χ4n) is 5.06. The Morgan fingerprint density at radius 1 is 0.944 bits per heavy atom. The van der Waals surface area contributed by atoms with E-state index in [9.17, 15) is 13.2 Å². The third-order valence-corrected chi connectivity index (χ3v) is 8.44. The maximum atomic E-state index is 13.2. The van der Waals surface area contributed by atoms with Gasteiger partial charge < -0.3 is 9.88 Å². The number of nitrogens with zero attached hydrogens (tertiary/aromatic N) is 1. The molecule has 5 nitrogen and oxygen atoms in total. The van der Waals surface area contributed by atoms with E-state index in [0.717, 1.165) is 23.5 Å². The molecular weight excluding hydrogens is 468 g/mol. The van der Waals surface area contributed by atoms with Crippen molar-refractivity contribution in [1.29, 1.82) is 0 Å². The van der Waals surface area contributed by atoms with E-state index in [-0.39, 0.29) is 29.0 Å². The van der Waals surface area contributed by atoms with Crippen LogP contribution in [0.4, 0.5) is 0 Å². The molecule has 1 heterocycles. The predicted octanol–water partition coefficient (Wildman–Crippen LogP) is 6.41. The van der Waals surface area contributed by atoms with Crippen LogP contribution in [0.2, 0.25) is 0 Å². The number of hydrogen-bond donors (Lipinski definition) is 1.